The smallest absolute Gasteiger partial charge is 0.0203 e. The molecule has 0 aromatic rings. The number of fused-ring (bicyclic) bond motifs is 1. The van der Waals surface area contributed by atoms with E-state index in [1.807, 2.05) is 0 Å². The van der Waals surface area contributed by atoms with Crippen LogP contribution < -0.4 is 0 Å². The topological polar surface area (TPSA) is 0 Å². The average Bonchev–Trinajstić information content (AvgIpc) is 2.08. The van der Waals surface area contributed by atoms with Crippen LogP contribution in [0.3, 0.4) is 0 Å². The Bertz CT molecular complexity index is 134. The Kier molecular flexibility index (Phi) is 1.01. The SMILES string of the molecule is CC(C)(C)C1CC2SC21. The van der Waals surface area contributed by atoms with E-state index in [4.69, 9.17) is 0 Å². The van der Waals surface area contributed by atoms with E-state index >= 15 is 0 Å². The second-order valence-corrected chi connectivity index (χ2v) is 5.77. The van der Waals surface area contributed by atoms with Gasteiger partial charge in [0.1, 0.15) is 0 Å². The van der Waals surface area contributed by atoms with E-state index in [1.54, 1.807) is 0 Å². The standard InChI is InChI=1S/C8H14S/c1-8(2,3)5-4-6-7(5)9-6/h5-7H,4H2,1-3H3. The van der Waals surface area contributed by atoms with Crippen LogP contribution in [-0.4, -0.2) is 10.5 Å². The van der Waals surface area contributed by atoms with Crippen LogP contribution in [0.25, 0.3) is 0 Å². The van der Waals surface area contributed by atoms with E-state index in [1.165, 1.54) is 6.42 Å². The van der Waals surface area contributed by atoms with Crippen molar-refractivity contribution < 1.29 is 0 Å². The summed E-state index contributed by atoms with van der Waals surface area (Å²) in [6.45, 7) is 7.10. The molecule has 2 rings (SSSR count). The molecule has 0 aromatic heterocycles. The van der Waals surface area contributed by atoms with Crippen LogP contribution in [-0.2, 0) is 0 Å². The molecule has 2 aliphatic rings. The van der Waals surface area contributed by atoms with Crippen molar-refractivity contribution in [2.24, 2.45) is 11.3 Å². The summed E-state index contributed by atoms with van der Waals surface area (Å²) in [4.78, 5) is 0. The lowest BCUT2D eigenvalue weighted by Gasteiger charge is -2.35. The van der Waals surface area contributed by atoms with Crippen LogP contribution in [0.4, 0.5) is 0 Å². The van der Waals surface area contributed by atoms with Crippen molar-refractivity contribution >= 4 is 11.8 Å². The third kappa shape index (κ3) is 0.813. The summed E-state index contributed by atoms with van der Waals surface area (Å²) in [5, 5.41) is 2.17. The number of rotatable bonds is 0. The largest absolute Gasteiger partial charge is 0.153 e. The van der Waals surface area contributed by atoms with E-state index in [0.717, 1.165) is 16.4 Å². The van der Waals surface area contributed by atoms with Crippen LogP contribution in [0.1, 0.15) is 27.2 Å². The molecule has 0 spiro atoms. The lowest BCUT2D eigenvalue weighted by Crippen LogP contribution is -2.34. The molecule has 3 unspecified atom stereocenters. The fraction of sp³-hybridized carbons (Fsp3) is 1.00. The Hall–Kier alpha value is 0.350. The van der Waals surface area contributed by atoms with Crippen LogP contribution in [0.15, 0.2) is 0 Å². The molecule has 0 bridgehead atoms. The first-order valence-corrected chi connectivity index (χ1v) is 4.69. The first kappa shape index (κ1) is 6.09. The van der Waals surface area contributed by atoms with E-state index in [2.05, 4.69) is 32.5 Å². The molecule has 1 heteroatoms. The van der Waals surface area contributed by atoms with Gasteiger partial charge in [-0.05, 0) is 17.8 Å². The molecule has 1 saturated heterocycles. The molecule has 1 heterocycles. The van der Waals surface area contributed by atoms with Gasteiger partial charge in [-0.2, -0.15) is 11.8 Å². The normalized spacial score (nSPS) is 47.7. The Morgan fingerprint density at radius 3 is 2.11 bits per heavy atom. The fourth-order valence-corrected chi connectivity index (χ4v) is 3.38. The third-order valence-electron chi connectivity index (χ3n) is 2.62. The highest BCUT2D eigenvalue weighted by Crippen LogP contribution is 2.64. The van der Waals surface area contributed by atoms with Gasteiger partial charge in [0, 0.05) is 10.5 Å². The molecule has 2 fully saturated rings. The van der Waals surface area contributed by atoms with Crippen LogP contribution in [0.2, 0.25) is 0 Å². The Labute approximate surface area is 61.4 Å². The zero-order valence-corrected chi connectivity index (χ0v) is 7.16. The van der Waals surface area contributed by atoms with Crippen molar-refractivity contribution in [3.63, 3.8) is 0 Å². The first-order valence-electron chi connectivity index (χ1n) is 3.74. The third-order valence-corrected chi connectivity index (χ3v) is 4.11. The van der Waals surface area contributed by atoms with E-state index in [9.17, 15) is 0 Å². The molecule has 0 N–H and O–H groups in total. The van der Waals surface area contributed by atoms with Crippen LogP contribution >= 0.6 is 11.8 Å². The molecule has 52 valence electrons. The van der Waals surface area contributed by atoms with E-state index in [0.29, 0.717) is 5.41 Å². The van der Waals surface area contributed by atoms with Gasteiger partial charge in [-0.1, -0.05) is 20.8 Å². The fourth-order valence-electron chi connectivity index (χ4n) is 1.74. The molecule has 1 saturated carbocycles. The summed E-state index contributed by atoms with van der Waals surface area (Å²) in [5.41, 5.74) is 0.588. The van der Waals surface area contributed by atoms with Crippen molar-refractivity contribution in [1.29, 1.82) is 0 Å². The van der Waals surface area contributed by atoms with E-state index < -0.39 is 0 Å². The maximum Gasteiger partial charge on any atom is 0.0203 e. The van der Waals surface area contributed by atoms with Gasteiger partial charge < -0.3 is 0 Å². The quantitative estimate of drug-likeness (QED) is 0.468. The van der Waals surface area contributed by atoms with Gasteiger partial charge in [0.25, 0.3) is 0 Å². The second-order valence-electron chi connectivity index (χ2n) is 4.35. The molecule has 1 aliphatic carbocycles. The molecular formula is C8H14S. The van der Waals surface area contributed by atoms with Gasteiger partial charge in [0.2, 0.25) is 0 Å². The first-order chi connectivity index (χ1) is 4.09. The minimum Gasteiger partial charge on any atom is -0.153 e. The van der Waals surface area contributed by atoms with Crippen LogP contribution in [0, 0.1) is 11.3 Å². The van der Waals surface area contributed by atoms with Gasteiger partial charge in [-0.15, -0.1) is 0 Å². The predicted molar refractivity (Wildman–Crippen MR) is 42.7 cm³/mol. The Balaban J connectivity index is 2.00. The lowest BCUT2D eigenvalue weighted by molar-refractivity contribution is 0.181. The molecule has 0 aromatic carbocycles. The van der Waals surface area contributed by atoms with Crippen LogP contribution in [0.5, 0.6) is 0 Å². The van der Waals surface area contributed by atoms with Crippen molar-refractivity contribution in [1.82, 2.24) is 0 Å². The average molecular weight is 142 g/mol. The van der Waals surface area contributed by atoms with Crippen molar-refractivity contribution in [3.05, 3.63) is 0 Å². The maximum absolute atomic E-state index is 2.37. The van der Waals surface area contributed by atoms with Crippen molar-refractivity contribution in [2.45, 2.75) is 37.7 Å². The Morgan fingerprint density at radius 2 is 2.00 bits per heavy atom. The molecule has 1 aliphatic heterocycles. The van der Waals surface area contributed by atoms with Gasteiger partial charge in [0.15, 0.2) is 0 Å². The van der Waals surface area contributed by atoms with Gasteiger partial charge in [-0.25, -0.2) is 0 Å². The zero-order valence-electron chi connectivity index (χ0n) is 6.35. The zero-order chi connectivity index (χ0) is 6.65. The summed E-state index contributed by atoms with van der Waals surface area (Å²) in [6, 6.07) is 0. The molecule has 0 radical (unpaired) electrons. The monoisotopic (exact) mass is 142 g/mol. The molecule has 0 nitrogen and oxygen atoms in total. The van der Waals surface area contributed by atoms with Gasteiger partial charge in [0.05, 0.1) is 0 Å². The summed E-state index contributed by atoms with van der Waals surface area (Å²) < 4.78 is 0. The minimum atomic E-state index is 0.588. The predicted octanol–water partition coefficient (Wildman–Crippen LogP) is 2.54. The highest BCUT2D eigenvalue weighted by Gasteiger charge is 2.58. The summed E-state index contributed by atoms with van der Waals surface area (Å²) in [5.74, 6) is 1.03. The van der Waals surface area contributed by atoms with Crippen molar-refractivity contribution in [3.8, 4) is 0 Å². The molecular weight excluding hydrogens is 128 g/mol. The molecule has 9 heavy (non-hydrogen) atoms. The highest BCUT2D eigenvalue weighted by molar-refractivity contribution is 8.08. The van der Waals surface area contributed by atoms with Crippen molar-refractivity contribution in [2.75, 3.05) is 0 Å². The lowest BCUT2D eigenvalue weighted by atomic mass is 9.69. The maximum atomic E-state index is 2.37. The Morgan fingerprint density at radius 1 is 1.33 bits per heavy atom. The summed E-state index contributed by atoms with van der Waals surface area (Å²) in [7, 11) is 0. The number of hydrogen-bond acceptors (Lipinski definition) is 1. The number of hydrogen-bond donors (Lipinski definition) is 0. The summed E-state index contributed by atoms with van der Waals surface area (Å²) >= 11 is 2.19. The molecule has 3 atom stereocenters. The van der Waals surface area contributed by atoms with Gasteiger partial charge >= 0.3 is 0 Å². The second kappa shape index (κ2) is 1.50. The van der Waals surface area contributed by atoms with E-state index in [-0.39, 0.29) is 0 Å². The minimum absolute atomic E-state index is 0.588. The number of thioether (sulfide) groups is 1. The molecule has 0 amide bonds. The van der Waals surface area contributed by atoms with Gasteiger partial charge in [-0.3, -0.25) is 0 Å². The summed E-state index contributed by atoms with van der Waals surface area (Å²) in [6.07, 6.45) is 1.50. The highest BCUT2D eigenvalue weighted by atomic mass is 32.2.